The molecular weight excluding hydrogens is 436 g/mol. The van der Waals surface area contributed by atoms with E-state index in [0.29, 0.717) is 38.0 Å². The number of hydrogen-bond acceptors (Lipinski definition) is 4. The summed E-state index contributed by atoms with van der Waals surface area (Å²) in [4.78, 5) is 13.2. The molecule has 1 fully saturated rings. The molecule has 0 atom stereocenters. The smallest absolute Gasteiger partial charge is 0.355 e. The number of para-hydroxylation sites is 1. The first-order valence-electron chi connectivity index (χ1n) is 12.5. The van der Waals surface area contributed by atoms with Crippen LogP contribution in [0.2, 0.25) is 0 Å². The molecule has 0 saturated heterocycles. The minimum absolute atomic E-state index is 0.267. The number of nitrogens with zero attached hydrogens (tertiary/aromatic N) is 1. The summed E-state index contributed by atoms with van der Waals surface area (Å²) in [6.45, 7) is 3.98. The predicted molar refractivity (Wildman–Crippen MR) is 139 cm³/mol. The lowest BCUT2D eigenvalue weighted by Gasteiger charge is -2.26. The molecule has 0 spiro atoms. The number of rotatable bonds is 10. The summed E-state index contributed by atoms with van der Waals surface area (Å²) in [6.07, 6.45) is 3.67. The molecule has 35 heavy (non-hydrogen) atoms. The maximum absolute atomic E-state index is 13.2. The predicted octanol–water partition coefficient (Wildman–Crippen LogP) is 6.09. The quantitative estimate of drug-likeness (QED) is 0.286. The van der Waals surface area contributed by atoms with Gasteiger partial charge in [0.2, 0.25) is 0 Å². The molecule has 1 aliphatic rings. The second-order valence-corrected chi connectivity index (χ2v) is 9.08. The molecule has 4 aromatic rings. The van der Waals surface area contributed by atoms with Crippen LogP contribution in [0.4, 0.5) is 0 Å². The summed E-state index contributed by atoms with van der Waals surface area (Å²) in [5, 5.41) is 4.74. The first-order chi connectivity index (χ1) is 17.2. The maximum atomic E-state index is 13.2. The number of carbonyl (C=O) groups excluding carboxylic acids is 1. The lowest BCUT2D eigenvalue weighted by atomic mass is 9.93. The Labute approximate surface area is 206 Å². The first-order valence-corrected chi connectivity index (χ1v) is 12.5. The minimum atomic E-state index is -0.267. The van der Waals surface area contributed by atoms with Crippen molar-refractivity contribution in [1.82, 2.24) is 9.88 Å². The van der Waals surface area contributed by atoms with E-state index in [2.05, 4.69) is 46.3 Å². The Balaban J connectivity index is 1.41. The number of aromatic nitrogens is 1. The van der Waals surface area contributed by atoms with E-state index in [0.717, 1.165) is 33.3 Å². The van der Waals surface area contributed by atoms with Gasteiger partial charge in [0, 0.05) is 35.6 Å². The van der Waals surface area contributed by atoms with Gasteiger partial charge in [-0.2, -0.15) is 0 Å². The van der Waals surface area contributed by atoms with Gasteiger partial charge in [-0.05, 0) is 49.1 Å². The number of hydrogen-bond donors (Lipinski definition) is 1. The molecule has 3 aromatic carbocycles. The van der Waals surface area contributed by atoms with Crippen LogP contribution in [0.1, 0.15) is 53.4 Å². The zero-order valence-electron chi connectivity index (χ0n) is 20.2. The fourth-order valence-corrected chi connectivity index (χ4v) is 4.62. The van der Waals surface area contributed by atoms with Crippen LogP contribution in [0.25, 0.3) is 10.9 Å². The summed E-state index contributed by atoms with van der Waals surface area (Å²) in [7, 11) is 0. The SMILES string of the molecule is CCOC(=O)c1c(CNC2CCC2)c2ccccc2n1Cc1ccc(OCc2ccccc2)cc1. The van der Waals surface area contributed by atoms with Crippen molar-refractivity contribution in [1.29, 1.82) is 0 Å². The van der Waals surface area contributed by atoms with E-state index in [1.54, 1.807) is 0 Å². The van der Waals surface area contributed by atoms with Gasteiger partial charge >= 0.3 is 5.97 Å². The normalized spacial score (nSPS) is 13.5. The molecule has 1 heterocycles. The van der Waals surface area contributed by atoms with Crippen LogP contribution >= 0.6 is 0 Å². The van der Waals surface area contributed by atoms with Crippen LogP contribution in [0.15, 0.2) is 78.9 Å². The van der Waals surface area contributed by atoms with E-state index in [-0.39, 0.29) is 5.97 Å². The summed E-state index contributed by atoms with van der Waals surface area (Å²) >= 11 is 0. The Morgan fingerprint density at radius 1 is 0.943 bits per heavy atom. The summed E-state index contributed by atoms with van der Waals surface area (Å²) in [6, 6.07) is 27.0. The summed E-state index contributed by atoms with van der Waals surface area (Å²) < 4.78 is 13.6. The fraction of sp³-hybridized carbons (Fsp3) is 0.300. The Hall–Kier alpha value is -3.57. The highest BCUT2D eigenvalue weighted by atomic mass is 16.5. The van der Waals surface area contributed by atoms with Crippen LogP contribution in [-0.2, 0) is 24.4 Å². The van der Waals surface area contributed by atoms with Gasteiger partial charge in [0.1, 0.15) is 18.1 Å². The van der Waals surface area contributed by atoms with Crippen molar-refractivity contribution in [2.45, 2.75) is 51.9 Å². The third-order valence-electron chi connectivity index (χ3n) is 6.73. The Morgan fingerprint density at radius 2 is 1.69 bits per heavy atom. The molecule has 0 aliphatic heterocycles. The number of nitrogens with one attached hydrogen (secondary N) is 1. The van der Waals surface area contributed by atoms with E-state index in [9.17, 15) is 4.79 Å². The molecule has 5 rings (SSSR count). The fourth-order valence-electron chi connectivity index (χ4n) is 4.62. The number of esters is 1. The molecular formula is C30H32N2O3. The van der Waals surface area contributed by atoms with Gasteiger partial charge in [-0.25, -0.2) is 4.79 Å². The topological polar surface area (TPSA) is 52.5 Å². The van der Waals surface area contributed by atoms with Crippen molar-refractivity contribution in [2.75, 3.05) is 6.61 Å². The minimum Gasteiger partial charge on any atom is -0.489 e. The summed E-state index contributed by atoms with van der Waals surface area (Å²) in [5.41, 5.74) is 4.95. The highest BCUT2D eigenvalue weighted by Crippen LogP contribution is 2.29. The molecule has 5 nitrogen and oxygen atoms in total. The third kappa shape index (κ3) is 5.25. The van der Waals surface area contributed by atoms with Crippen LogP contribution in [0.5, 0.6) is 5.75 Å². The van der Waals surface area contributed by atoms with Crippen LogP contribution in [0.3, 0.4) is 0 Å². The van der Waals surface area contributed by atoms with E-state index in [1.807, 2.05) is 49.4 Å². The van der Waals surface area contributed by atoms with Gasteiger partial charge in [-0.1, -0.05) is 67.1 Å². The van der Waals surface area contributed by atoms with Gasteiger partial charge < -0.3 is 19.4 Å². The molecule has 1 aliphatic carbocycles. The molecule has 180 valence electrons. The molecule has 1 saturated carbocycles. The zero-order chi connectivity index (χ0) is 24.0. The molecule has 0 amide bonds. The Morgan fingerprint density at radius 3 is 2.40 bits per heavy atom. The highest BCUT2D eigenvalue weighted by Gasteiger charge is 2.25. The van der Waals surface area contributed by atoms with Crippen molar-refractivity contribution >= 4 is 16.9 Å². The first kappa shape index (κ1) is 23.2. The molecule has 1 aromatic heterocycles. The van der Waals surface area contributed by atoms with Gasteiger partial charge in [0.25, 0.3) is 0 Å². The number of fused-ring (bicyclic) bond motifs is 1. The number of benzene rings is 3. The number of ether oxygens (including phenoxy) is 2. The summed E-state index contributed by atoms with van der Waals surface area (Å²) in [5.74, 6) is 0.558. The molecule has 0 bridgehead atoms. The van der Waals surface area contributed by atoms with Gasteiger partial charge in [0.05, 0.1) is 6.61 Å². The maximum Gasteiger partial charge on any atom is 0.355 e. The zero-order valence-corrected chi connectivity index (χ0v) is 20.2. The average Bonchev–Trinajstić information content (AvgIpc) is 3.17. The van der Waals surface area contributed by atoms with Crippen molar-refractivity contribution in [3.05, 3.63) is 101 Å². The lowest BCUT2D eigenvalue weighted by molar-refractivity contribution is 0.0513. The van der Waals surface area contributed by atoms with Crippen molar-refractivity contribution < 1.29 is 14.3 Å². The lowest BCUT2D eigenvalue weighted by Crippen LogP contribution is -2.35. The molecule has 0 radical (unpaired) electrons. The standard InChI is InChI=1S/C30H32N2O3/c1-2-34-30(33)29-27(19-31-24-11-8-12-24)26-13-6-7-14-28(26)32(29)20-22-15-17-25(18-16-22)35-21-23-9-4-3-5-10-23/h3-7,9-10,13-18,24,31H,2,8,11-12,19-21H2,1H3. The van der Waals surface area contributed by atoms with E-state index >= 15 is 0 Å². The Bertz CT molecular complexity index is 1270. The molecule has 1 N–H and O–H groups in total. The van der Waals surface area contributed by atoms with E-state index < -0.39 is 0 Å². The second-order valence-electron chi connectivity index (χ2n) is 9.08. The average molecular weight is 469 g/mol. The highest BCUT2D eigenvalue weighted by molar-refractivity contribution is 5.99. The monoisotopic (exact) mass is 468 g/mol. The van der Waals surface area contributed by atoms with Crippen LogP contribution < -0.4 is 10.1 Å². The third-order valence-corrected chi connectivity index (χ3v) is 6.73. The van der Waals surface area contributed by atoms with Gasteiger partial charge in [-0.3, -0.25) is 0 Å². The molecule has 0 unspecified atom stereocenters. The van der Waals surface area contributed by atoms with E-state index in [4.69, 9.17) is 9.47 Å². The van der Waals surface area contributed by atoms with E-state index in [1.165, 1.54) is 19.3 Å². The van der Waals surface area contributed by atoms with Crippen molar-refractivity contribution in [3.63, 3.8) is 0 Å². The largest absolute Gasteiger partial charge is 0.489 e. The van der Waals surface area contributed by atoms with Crippen molar-refractivity contribution in [3.8, 4) is 5.75 Å². The van der Waals surface area contributed by atoms with Crippen molar-refractivity contribution in [2.24, 2.45) is 0 Å². The van der Waals surface area contributed by atoms with Gasteiger partial charge in [-0.15, -0.1) is 0 Å². The molecule has 5 heteroatoms. The second kappa shape index (κ2) is 10.8. The Kier molecular flexibility index (Phi) is 7.15. The number of carbonyl (C=O) groups is 1. The van der Waals surface area contributed by atoms with Gasteiger partial charge in [0.15, 0.2) is 0 Å². The van der Waals surface area contributed by atoms with Crippen LogP contribution in [-0.4, -0.2) is 23.2 Å². The van der Waals surface area contributed by atoms with Crippen LogP contribution in [0, 0.1) is 0 Å².